The number of hydrogen-bond acceptors (Lipinski definition) is 4. The molecule has 0 aliphatic rings. The first-order valence-electron chi connectivity index (χ1n) is 5.61. The van der Waals surface area contributed by atoms with Crippen LogP contribution in [0.25, 0.3) is 0 Å². The number of nitrogens with two attached hydrogens (primary N) is 1. The topological polar surface area (TPSA) is 78.4 Å². The molecule has 0 bridgehead atoms. The Kier molecular flexibility index (Phi) is 4.31. The molecule has 2 N–H and O–H groups in total. The van der Waals surface area contributed by atoms with Crippen molar-refractivity contribution in [2.75, 3.05) is 0 Å². The molecule has 20 heavy (non-hydrogen) atoms. The van der Waals surface area contributed by atoms with Crippen molar-refractivity contribution >= 4 is 21.6 Å². The van der Waals surface area contributed by atoms with Gasteiger partial charge in [-0.3, -0.25) is 10.1 Å². The normalized spacial score (nSPS) is 10.3. The lowest BCUT2D eigenvalue weighted by Crippen LogP contribution is -2.00. The maximum Gasteiger partial charge on any atom is 0.305 e. The van der Waals surface area contributed by atoms with Gasteiger partial charge in [0.05, 0.1) is 4.92 Å². The predicted octanol–water partition coefficient (Wildman–Crippen LogP) is 3.75. The van der Waals surface area contributed by atoms with Gasteiger partial charge in [0.2, 0.25) is 5.82 Å². The van der Waals surface area contributed by atoms with Crippen molar-refractivity contribution < 1.29 is 14.1 Å². The first kappa shape index (κ1) is 14.4. The Morgan fingerprint density at radius 2 is 2.05 bits per heavy atom. The number of halogens is 2. The number of nitrogens with zero attached hydrogens (tertiary/aromatic N) is 1. The van der Waals surface area contributed by atoms with Crippen LogP contribution in [0.1, 0.15) is 5.56 Å². The van der Waals surface area contributed by atoms with Gasteiger partial charge in [0.1, 0.15) is 11.5 Å². The summed E-state index contributed by atoms with van der Waals surface area (Å²) in [6.45, 7) is 0.254. The quantitative estimate of drug-likeness (QED) is 0.679. The van der Waals surface area contributed by atoms with Crippen LogP contribution in [0.2, 0.25) is 0 Å². The first-order chi connectivity index (χ1) is 9.51. The Hall–Kier alpha value is -1.99. The van der Waals surface area contributed by atoms with Gasteiger partial charge in [-0.2, -0.15) is 4.39 Å². The summed E-state index contributed by atoms with van der Waals surface area (Å²) in [4.78, 5) is 9.74. The zero-order valence-corrected chi connectivity index (χ0v) is 11.8. The molecule has 5 nitrogen and oxygen atoms in total. The third kappa shape index (κ3) is 3.12. The van der Waals surface area contributed by atoms with Gasteiger partial charge >= 0.3 is 5.69 Å². The lowest BCUT2D eigenvalue weighted by molar-refractivity contribution is -0.387. The molecule has 7 heteroatoms. The molecule has 0 fully saturated rings. The summed E-state index contributed by atoms with van der Waals surface area (Å²) in [7, 11) is 0. The van der Waals surface area contributed by atoms with Crippen molar-refractivity contribution in [3.63, 3.8) is 0 Å². The fraction of sp³-hybridized carbons (Fsp3) is 0.0769. The maximum atomic E-state index is 13.5. The lowest BCUT2D eigenvalue weighted by Gasteiger charge is -2.10. The molecule has 0 aliphatic heterocycles. The Bertz CT molecular complexity index is 664. The predicted molar refractivity (Wildman–Crippen MR) is 75.2 cm³/mol. The molecule has 2 aromatic rings. The highest BCUT2D eigenvalue weighted by Gasteiger charge is 2.15. The van der Waals surface area contributed by atoms with Crippen LogP contribution in [-0.2, 0) is 6.54 Å². The summed E-state index contributed by atoms with van der Waals surface area (Å²) < 4.78 is 19.9. The Labute approximate surface area is 122 Å². The van der Waals surface area contributed by atoms with Gasteiger partial charge in [-0.25, -0.2) is 0 Å². The summed E-state index contributed by atoms with van der Waals surface area (Å²) >= 11 is 3.31. The molecule has 0 radical (unpaired) electrons. The summed E-state index contributed by atoms with van der Waals surface area (Å²) in [5.41, 5.74) is 5.75. The molecule has 0 saturated carbocycles. The van der Waals surface area contributed by atoms with Gasteiger partial charge in [-0.1, -0.05) is 15.9 Å². The molecule has 2 rings (SSSR count). The number of rotatable bonds is 4. The van der Waals surface area contributed by atoms with Gasteiger partial charge < -0.3 is 10.5 Å². The fourth-order valence-corrected chi connectivity index (χ4v) is 2.04. The van der Waals surface area contributed by atoms with Crippen LogP contribution in [0.4, 0.5) is 10.1 Å². The van der Waals surface area contributed by atoms with E-state index in [2.05, 4.69) is 15.9 Å². The second kappa shape index (κ2) is 5.98. The molecule has 0 aliphatic carbocycles. The highest BCUT2D eigenvalue weighted by Crippen LogP contribution is 2.30. The van der Waals surface area contributed by atoms with E-state index in [0.29, 0.717) is 5.75 Å². The van der Waals surface area contributed by atoms with Gasteiger partial charge in [0.25, 0.3) is 0 Å². The van der Waals surface area contributed by atoms with Gasteiger partial charge in [0.15, 0.2) is 0 Å². The minimum atomic E-state index is -0.945. The standard InChI is InChI=1S/C13H10BrFN2O3/c14-9-1-4-13(8(5-9)7-16)20-10-2-3-12(17(18)19)11(15)6-10/h1-6H,7,16H2. The Morgan fingerprint density at radius 3 is 2.65 bits per heavy atom. The van der Waals surface area contributed by atoms with Crippen LogP contribution in [-0.4, -0.2) is 4.92 Å². The van der Waals surface area contributed by atoms with E-state index in [1.807, 2.05) is 0 Å². The second-order valence-corrected chi connectivity index (χ2v) is 4.84. The molecule has 104 valence electrons. The van der Waals surface area contributed by atoms with E-state index in [9.17, 15) is 14.5 Å². The summed E-state index contributed by atoms with van der Waals surface area (Å²) in [6.07, 6.45) is 0. The lowest BCUT2D eigenvalue weighted by atomic mass is 10.2. The number of ether oxygens (including phenoxy) is 1. The van der Waals surface area contributed by atoms with Crippen LogP contribution in [0.15, 0.2) is 40.9 Å². The molecule has 0 atom stereocenters. The number of nitro benzene ring substituents is 1. The average Bonchev–Trinajstić information content (AvgIpc) is 2.40. The Morgan fingerprint density at radius 1 is 1.30 bits per heavy atom. The monoisotopic (exact) mass is 340 g/mol. The fourth-order valence-electron chi connectivity index (χ4n) is 1.63. The largest absolute Gasteiger partial charge is 0.457 e. The van der Waals surface area contributed by atoms with Gasteiger partial charge in [-0.05, 0) is 24.3 Å². The van der Waals surface area contributed by atoms with Crippen molar-refractivity contribution in [1.29, 1.82) is 0 Å². The third-order valence-corrected chi connectivity index (χ3v) is 3.08. The van der Waals surface area contributed by atoms with E-state index in [0.717, 1.165) is 22.2 Å². The van der Waals surface area contributed by atoms with Gasteiger partial charge in [0, 0.05) is 28.7 Å². The van der Waals surface area contributed by atoms with E-state index < -0.39 is 16.4 Å². The minimum Gasteiger partial charge on any atom is -0.457 e. The second-order valence-electron chi connectivity index (χ2n) is 3.93. The van der Waals surface area contributed by atoms with Crippen molar-refractivity contribution in [3.8, 4) is 11.5 Å². The zero-order chi connectivity index (χ0) is 14.7. The van der Waals surface area contributed by atoms with E-state index in [1.54, 1.807) is 18.2 Å². The van der Waals surface area contributed by atoms with Crippen molar-refractivity contribution in [2.24, 2.45) is 5.73 Å². The Balaban J connectivity index is 2.31. The van der Waals surface area contributed by atoms with Crippen LogP contribution >= 0.6 is 15.9 Å². The SMILES string of the molecule is NCc1cc(Br)ccc1Oc1ccc([N+](=O)[O-])c(F)c1. The number of nitro groups is 1. The van der Waals surface area contributed by atoms with E-state index >= 15 is 0 Å². The van der Waals surface area contributed by atoms with Gasteiger partial charge in [-0.15, -0.1) is 0 Å². The summed E-state index contributed by atoms with van der Waals surface area (Å²) in [5.74, 6) is -0.298. The highest BCUT2D eigenvalue weighted by molar-refractivity contribution is 9.10. The summed E-state index contributed by atoms with van der Waals surface area (Å²) in [5, 5.41) is 10.5. The molecule has 0 saturated heterocycles. The van der Waals surface area contributed by atoms with E-state index in [4.69, 9.17) is 10.5 Å². The zero-order valence-electron chi connectivity index (χ0n) is 10.2. The molecular weight excluding hydrogens is 331 g/mol. The number of benzene rings is 2. The average molecular weight is 341 g/mol. The molecule has 0 heterocycles. The van der Waals surface area contributed by atoms with E-state index in [-0.39, 0.29) is 12.3 Å². The molecule has 0 spiro atoms. The number of hydrogen-bond donors (Lipinski definition) is 1. The molecular formula is C13H10BrFN2O3. The van der Waals surface area contributed by atoms with Crippen LogP contribution < -0.4 is 10.5 Å². The van der Waals surface area contributed by atoms with Crippen molar-refractivity contribution in [2.45, 2.75) is 6.54 Å². The first-order valence-corrected chi connectivity index (χ1v) is 6.41. The van der Waals surface area contributed by atoms with Crippen LogP contribution in [0.3, 0.4) is 0 Å². The minimum absolute atomic E-state index is 0.171. The molecule has 0 amide bonds. The van der Waals surface area contributed by atoms with E-state index in [1.165, 1.54) is 6.07 Å². The van der Waals surface area contributed by atoms with Crippen LogP contribution in [0.5, 0.6) is 11.5 Å². The molecule has 2 aromatic carbocycles. The maximum absolute atomic E-state index is 13.5. The molecule has 0 unspecified atom stereocenters. The van der Waals surface area contributed by atoms with Crippen molar-refractivity contribution in [3.05, 3.63) is 62.4 Å². The van der Waals surface area contributed by atoms with Crippen LogP contribution in [0, 0.1) is 15.9 Å². The third-order valence-electron chi connectivity index (χ3n) is 2.59. The highest BCUT2D eigenvalue weighted by atomic mass is 79.9. The molecule has 0 aromatic heterocycles. The smallest absolute Gasteiger partial charge is 0.305 e. The van der Waals surface area contributed by atoms with Crippen molar-refractivity contribution in [1.82, 2.24) is 0 Å². The summed E-state index contributed by atoms with van der Waals surface area (Å²) in [6, 6.07) is 8.61.